The maximum atomic E-state index is 12.3. The highest BCUT2D eigenvalue weighted by molar-refractivity contribution is 7.18. The Morgan fingerprint density at radius 3 is 2.82 bits per heavy atom. The second-order valence-corrected chi connectivity index (χ2v) is 8.40. The molecule has 0 aliphatic rings. The van der Waals surface area contributed by atoms with Crippen molar-refractivity contribution in [2.75, 3.05) is 5.32 Å². The lowest BCUT2D eigenvalue weighted by atomic mass is 10.1. The molecule has 0 aliphatic heterocycles. The summed E-state index contributed by atoms with van der Waals surface area (Å²) in [6.07, 6.45) is 0.283. The van der Waals surface area contributed by atoms with Crippen molar-refractivity contribution in [3.05, 3.63) is 68.7 Å². The lowest BCUT2D eigenvalue weighted by molar-refractivity contribution is -0.120. The van der Waals surface area contributed by atoms with Crippen LogP contribution in [-0.2, 0) is 17.8 Å². The summed E-state index contributed by atoms with van der Waals surface area (Å²) < 4.78 is 0. The minimum atomic E-state index is -0.177. The van der Waals surface area contributed by atoms with Crippen LogP contribution in [0.25, 0.3) is 10.2 Å². The molecule has 3 heterocycles. The van der Waals surface area contributed by atoms with Crippen LogP contribution in [0.5, 0.6) is 0 Å². The van der Waals surface area contributed by atoms with Gasteiger partial charge in [0.05, 0.1) is 16.7 Å². The molecule has 3 N–H and O–H groups in total. The van der Waals surface area contributed by atoms with E-state index in [0.29, 0.717) is 17.2 Å². The van der Waals surface area contributed by atoms with E-state index in [4.69, 9.17) is 0 Å². The normalized spacial score (nSPS) is 10.9. The van der Waals surface area contributed by atoms with Crippen molar-refractivity contribution < 1.29 is 9.59 Å². The van der Waals surface area contributed by atoms with E-state index in [1.165, 1.54) is 22.7 Å². The highest BCUT2D eigenvalue weighted by Gasteiger charge is 2.15. The standard InChI is InChI=1S/C20H18N4O2S2/c1-12-5-2-3-6-13(12)11-21-17(25)10-14-9-15-18(23-24-20(15)28-14)22-19(26)16-7-4-8-27-16/h2-9H,10-11H2,1H3,(H,21,25)(H2,22,23,24,26). The molecule has 4 aromatic rings. The zero-order chi connectivity index (χ0) is 19.5. The number of carbonyl (C=O) groups is 2. The summed E-state index contributed by atoms with van der Waals surface area (Å²) in [4.78, 5) is 26.9. The fourth-order valence-corrected chi connectivity index (χ4v) is 4.46. The van der Waals surface area contributed by atoms with Crippen LogP contribution in [-0.4, -0.2) is 22.0 Å². The molecule has 0 fully saturated rings. The van der Waals surface area contributed by atoms with E-state index in [9.17, 15) is 9.59 Å². The first-order valence-corrected chi connectivity index (χ1v) is 10.4. The van der Waals surface area contributed by atoms with E-state index in [-0.39, 0.29) is 18.2 Å². The third-order valence-corrected chi connectivity index (χ3v) is 6.26. The predicted octanol–water partition coefficient (Wildman–Crippen LogP) is 4.11. The fourth-order valence-electron chi connectivity index (χ4n) is 2.85. The molecule has 1 aromatic carbocycles. The molecule has 2 amide bonds. The van der Waals surface area contributed by atoms with Gasteiger partial charge in [0.2, 0.25) is 5.91 Å². The number of aromatic amines is 1. The van der Waals surface area contributed by atoms with Crippen LogP contribution in [0.1, 0.15) is 25.7 Å². The molecule has 3 aromatic heterocycles. The van der Waals surface area contributed by atoms with Gasteiger partial charge in [0.25, 0.3) is 5.91 Å². The smallest absolute Gasteiger partial charge is 0.266 e. The summed E-state index contributed by atoms with van der Waals surface area (Å²) in [5, 5.41) is 15.6. The van der Waals surface area contributed by atoms with Gasteiger partial charge in [0.15, 0.2) is 0 Å². The topological polar surface area (TPSA) is 86.9 Å². The van der Waals surface area contributed by atoms with E-state index in [1.54, 1.807) is 6.07 Å². The van der Waals surface area contributed by atoms with Crippen molar-refractivity contribution in [1.29, 1.82) is 0 Å². The van der Waals surface area contributed by atoms with Crippen LogP contribution < -0.4 is 10.6 Å². The molecule has 0 spiro atoms. The predicted molar refractivity (Wildman–Crippen MR) is 113 cm³/mol. The molecule has 0 saturated heterocycles. The van der Waals surface area contributed by atoms with Gasteiger partial charge in [-0.05, 0) is 35.6 Å². The minimum absolute atomic E-state index is 0.0414. The molecule has 0 atom stereocenters. The number of H-pyrrole nitrogens is 1. The van der Waals surface area contributed by atoms with Gasteiger partial charge in [-0.1, -0.05) is 30.3 Å². The third kappa shape index (κ3) is 3.97. The van der Waals surface area contributed by atoms with Crippen molar-refractivity contribution in [2.24, 2.45) is 0 Å². The van der Waals surface area contributed by atoms with Gasteiger partial charge in [0, 0.05) is 11.4 Å². The largest absolute Gasteiger partial charge is 0.352 e. The maximum absolute atomic E-state index is 12.3. The number of amides is 2. The molecule has 0 radical (unpaired) electrons. The highest BCUT2D eigenvalue weighted by atomic mass is 32.1. The number of nitrogens with one attached hydrogen (secondary N) is 3. The molecule has 0 saturated carbocycles. The number of fused-ring (bicyclic) bond motifs is 1. The van der Waals surface area contributed by atoms with Crippen molar-refractivity contribution >= 4 is 50.5 Å². The Balaban J connectivity index is 1.41. The van der Waals surface area contributed by atoms with Crippen LogP contribution in [0.2, 0.25) is 0 Å². The van der Waals surface area contributed by atoms with Crippen LogP contribution >= 0.6 is 22.7 Å². The second-order valence-electron chi connectivity index (χ2n) is 6.34. The fraction of sp³-hybridized carbons (Fsp3) is 0.150. The average Bonchev–Trinajstić information content (AvgIpc) is 3.40. The van der Waals surface area contributed by atoms with E-state index < -0.39 is 0 Å². The van der Waals surface area contributed by atoms with Gasteiger partial charge in [-0.25, -0.2) is 0 Å². The summed E-state index contributed by atoms with van der Waals surface area (Å²) in [6, 6.07) is 13.5. The molecular formula is C20H18N4O2S2. The first-order chi connectivity index (χ1) is 13.6. The number of hydrogen-bond donors (Lipinski definition) is 3. The number of benzene rings is 1. The first kappa shape index (κ1) is 18.4. The van der Waals surface area contributed by atoms with Gasteiger partial charge >= 0.3 is 0 Å². The number of carbonyl (C=O) groups excluding carboxylic acids is 2. The zero-order valence-electron chi connectivity index (χ0n) is 15.1. The molecule has 0 unspecified atom stereocenters. The van der Waals surface area contributed by atoms with E-state index >= 15 is 0 Å². The first-order valence-electron chi connectivity index (χ1n) is 8.73. The number of aryl methyl sites for hydroxylation is 1. The zero-order valence-corrected chi connectivity index (χ0v) is 16.7. The Hall–Kier alpha value is -2.97. The lowest BCUT2D eigenvalue weighted by Crippen LogP contribution is -2.24. The summed E-state index contributed by atoms with van der Waals surface area (Å²) in [5.41, 5.74) is 2.26. The van der Waals surface area contributed by atoms with Crippen molar-refractivity contribution in [3.8, 4) is 0 Å². The summed E-state index contributed by atoms with van der Waals surface area (Å²) in [6.45, 7) is 2.54. The van der Waals surface area contributed by atoms with Crippen LogP contribution in [0, 0.1) is 6.92 Å². The van der Waals surface area contributed by atoms with Gasteiger partial charge in [-0.3, -0.25) is 14.7 Å². The molecular weight excluding hydrogens is 392 g/mol. The third-order valence-electron chi connectivity index (χ3n) is 4.36. The van der Waals surface area contributed by atoms with E-state index in [0.717, 1.165) is 26.2 Å². The van der Waals surface area contributed by atoms with Crippen molar-refractivity contribution in [2.45, 2.75) is 19.9 Å². The molecule has 0 bridgehead atoms. The van der Waals surface area contributed by atoms with E-state index in [1.807, 2.05) is 48.7 Å². The molecule has 28 heavy (non-hydrogen) atoms. The maximum Gasteiger partial charge on any atom is 0.266 e. The number of hydrogen-bond acceptors (Lipinski definition) is 5. The van der Waals surface area contributed by atoms with Crippen molar-refractivity contribution in [1.82, 2.24) is 15.5 Å². The Morgan fingerprint density at radius 2 is 2.04 bits per heavy atom. The minimum Gasteiger partial charge on any atom is -0.352 e. The van der Waals surface area contributed by atoms with Crippen LogP contribution in [0.15, 0.2) is 47.8 Å². The quantitative estimate of drug-likeness (QED) is 0.447. The number of aromatic nitrogens is 2. The molecule has 4 rings (SSSR count). The molecule has 142 valence electrons. The summed E-state index contributed by atoms with van der Waals surface area (Å²) in [5.74, 6) is 0.334. The SMILES string of the molecule is Cc1ccccc1CNC(=O)Cc1cc2c(NC(=O)c3cccs3)[nH]nc2s1. The Kier molecular flexibility index (Phi) is 5.23. The summed E-state index contributed by atoms with van der Waals surface area (Å²) in [7, 11) is 0. The van der Waals surface area contributed by atoms with Gasteiger partial charge in [0.1, 0.15) is 10.6 Å². The number of nitrogens with zero attached hydrogens (tertiary/aromatic N) is 1. The van der Waals surface area contributed by atoms with Crippen LogP contribution in [0.3, 0.4) is 0 Å². The van der Waals surface area contributed by atoms with Crippen molar-refractivity contribution in [3.63, 3.8) is 0 Å². The second kappa shape index (κ2) is 7.95. The Bertz CT molecular complexity index is 1130. The number of anilines is 1. The van der Waals surface area contributed by atoms with Gasteiger partial charge in [-0.15, -0.1) is 22.7 Å². The van der Waals surface area contributed by atoms with Crippen LogP contribution in [0.4, 0.5) is 5.82 Å². The average molecular weight is 411 g/mol. The monoisotopic (exact) mass is 410 g/mol. The van der Waals surface area contributed by atoms with Gasteiger partial charge < -0.3 is 10.6 Å². The van der Waals surface area contributed by atoms with E-state index in [2.05, 4.69) is 20.8 Å². The number of thiophene rings is 2. The lowest BCUT2D eigenvalue weighted by Gasteiger charge is -2.07. The Labute approximate surface area is 169 Å². The Morgan fingerprint density at radius 1 is 1.18 bits per heavy atom. The highest BCUT2D eigenvalue weighted by Crippen LogP contribution is 2.30. The molecule has 0 aliphatic carbocycles. The van der Waals surface area contributed by atoms with Gasteiger partial charge in [-0.2, -0.15) is 5.10 Å². The number of rotatable bonds is 6. The molecule has 8 heteroatoms. The summed E-state index contributed by atoms with van der Waals surface area (Å²) >= 11 is 2.82. The molecule has 6 nitrogen and oxygen atoms in total.